The predicted octanol–water partition coefficient (Wildman–Crippen LogP) is 12.6. The number of hydrogen-bond acceptors (Lipinski definition) is 2. The average molecular weight is 687 g/mol. The molecule has 250 valence electrons. The Bertz CT molecular complexity index is 2950. The van der Waals surface area contributed by atoms with Gasteiger partial charge in [0.15, 0.2) is 0 Å². The third-order valence-electron chi connectivity index (χ3n) is 10.6. The molecule has 10 aromatic rings. The van der Waals surface area contributed by atoms with E-state index in [1.807, 2.05) is 36.4 Å². The van der Waals surface area contributed by atoms with Crippen LogP contribution in [0.3, 0.4) is 0 Å². The van der Waals surface area contributed by atoms with Crippen molar-refractivity contribution in [2.24, 2.45) is 0 Å². The summed E-state index contributed by atoms with van der Waals surface area (Å²) in [6.07, 6.45) is 0. The zero-order valence-electron chi connectivity index (χ0n) is 29.1. The van der Waals surface area contributed by atoms with Crippen molar-refractivity contribution in [3.8, 4) is 56.9 Å². The van der Waals surface area contributed by atoms with Crippen molar-refractivity contribution in [3.05, 3.63) is 193 Å². The second kappa shape index (κ2) is 12.5. The molecule has 0 spiro atoms. The fourth-order valence-corrected chi connectivity index (χ4v) is 8.12. The lowest BCUT2D eigenvalue weighted by Gasteiger charge is -2.14. The van der Waals surface area contributed by atoms with Gasteiger partial charge in [0.2, 0.25) is 0 Å². The maximum atomic E-state index is 10.6. The summed E-state index contributed by atoms with van der Waals surface area (Å²) < 4.78 is 4.48. The standard InChI is InChI=1S/C50H30N4/c51-31-37-27-39(53-47-17-9-7-15-43(47)45-23-19-35(29-49(45)53)33-11-3-1-4-12-33)21-25-41(37)42-26-22-40(28-38(42)32-52)54-48-18-10-8-16-44(48)46-24-20-36(30-50(46)54)34-13-5-2-6-14-34/h1-30H. The van der Waals surface area contributed by atoms with Crippen LogP contribution < -0.4 is 0 Å². The molecular weight excluding hydrogens is 657 g/mol. The first-order chi connectivity index (χ1) is 26.7. The van der Waals surface area contributed by atoms with Crippen LogP contribution in [0.25, 0.3) is 88.4 Å². The number of hydrogen-bond donors (Lipinski definition) is 0. The summed E-state index contributed by atoms with van der Waals surface area (Å²) in [5.74, 6) is 0. The lowest BCUT2D eigenvalue weighted by Crippen LogP contribution is -1.99. The molecule has 0 N–H and O–H groups in total. The molecule has 0 saturated carbocycles. The summed E-state index contributed by atoms with van der Waals surface area (Å²) in [6.45, 7) is 0. The van der Waals surface area contributed by atoms with Gasteiger partial charge in [0, 0.05) is 44.0 Å². The van der Waals surface area contributed by atoms with Gasteiger partial charge in [0.05, 0.1) is 45.3 Å². The smallest absolute Gasteiger partial charge is 0.0998 e. The number of rotatable bonds is 5. The molecular formula is C50H30N4. The van der Waals surface area contributed by atoms with Crippen LogP contribution in [0.4, 0.5) is 0 Å². The SMILES string of the molecule is N#Cc1cc(-n2c3ccccc3c3ccc(-c4ccccc4)cc32)ccc1-c1ccc(-n2c3ccccc3c3ccc(-c4ccccc4)cc32)cc1C#N. The lowest BCUT2D eigenvalue weighted by molar-refractivity contribution is 1.17. The highest BCUT2D eigenvalue weighted by Crippen LogP contribution is 2.39. The molecule has 0 bridgehead atoms. The highest BCUT2D eigenvalue weighted by Gasteiger charge is 2.19. The van der Waals surface area contributed by atoms with Gasteiger partial charge in [0.25, 0.3) is 0 Å². The number of fused-ring (bicyclic) bond motifs is 6. The molecule has 4 heteroatoms. The number of benzene rings is 8. The fourth-order valence-electron chi connectivity index (χ4n) is 8.12. The van der Waals surface area contributed by atoms with Crippen LogP contribution in [-0.2, 0) is 0 Å². The Morgan fingerprint density at radius 3 is 1.13 bits per heavy atom. The van der Waals surface area contributed by atoms with Crippen molar-refractivity contribution in [3.63, 3.8) is 0 Å². The van der Waals surface area contributed by atoms with E-state index in [4.69, 9.17) is 0 Å². The summed E-state index contributed by atoms with van der Waals surface area (Å²) >= 11 is 0. The van der Waals surface area contributed by atoms with E-state index in [1.165, 1.54) is 0 Å². The molecule has 0 atom stereocenters. The van der Waals surface area contributed by atoms with Gasteiger partial charge in [-0.25, -0.2) is 0 Å². The fraction of sp³-hybridized carbons (Fsp3) is 0. The second-order valence-corrected chi connectivity index (χ2v) is 13.6. The van der Waals surface area contributed by atoms with Crippen molar-refractivity contribution in [1.82, 2.24) is 9.13 Å². The first-order valence-corrected chi connectivity index (χ1v) is 18.0. The zero-order chi connectivity index (χ0) is 36.2. The van der Waals surface area contributed by atoms with Crippen molar-refractivity contribution in [2.75, 3.05) is 0 Å². The Kier molecular flexibility index (Phi) is 7.22. The molecule has 0 unspecified atom stereocenters. The molecule has 0 aliphatic carbocycles. The van der Waals surface area contributed by atoms with Crippen molar-refractivity contribution >= 4 is 43.6 Å². The molecule has 8 aromatic carbocycles. The highest BCUT2D eigenvalue weighted by molar-refractivity contribution is 6.11. The summed E-state index contributed by atoms with van der Waals surface area (Å²) in [7, 11) is 0. The third kappa shape index (κ3) is 4.90. The number of para-hydroxylation sites is 2. The molecule has 0 radical (unpaired) electrons. The largest absolute Gasteiger partial charge is 0.309 e. The molecule has 0 fully saturated rings. The molecule has 0 aliphatic heterocycles. The second-order valence-electron chi connectivity index (χ2n) is 13.6. The Morgan fingerprint density at radius 2 is 0.704 bits per heavy atom. The van der Waals surface area contributed by atoms with Gasteiger partial charge in [-0.05, 0) is 70.8 Å². The first-order valence-electron chi connectivity index (χ1n) is 18.0. The van der Waals surface area contributed by atoms with Crippen LogP contribution in [0.15, 0.2) is 182 Å². The molecule has 0 aliphatic rings. The van der Waals surface area contributed by atoms with Gasteiger partial charge < -0.3 is 9.13 Å². The van der Waals surface area contributed by atoms with Crippen LogP contribution in [0.5, 0.6) is 0 Å². The number of aromatic nitrogens is 2. The molecule has 2 aromatic heterocycles. The summed E-state index contributed by atoms with van der Waals surface area (Å²) in [5, 5.41) is 25.8. The van der Waals surface area contributed by atoms with E-state index in [0.717, 1.165) is 88.4 Å². The summed E-state index contributed by atoms with van der Waals surface area (Å²) in [4.78, 5) is 0. The summed E-state index contributed by atoms with van der Waals surface area (Å²) in [5.41, 5.74) is 13.1. The van der Waals surface area contributed by atoms with Gasteiger partial charge in [-0.15, -0.1) is 0 Å². The monoisotopic (exact) mass is 686 g/mol. The van der Waals surface area contributed by atoms with Crippen LogP contribution in [0.1, 0.15) is 11.1 Å². The van der Waals surface area contributed by atoms with Crippen LogP contribution in [0, 0.1) is 22.7 Å². The van der Waals surface area contributed by atoms with Crippen LogP contribution in [0.2, 0.25) is 0 Å². The molecule has 4 nitrogen and oxygen atoms in total. The normalized spacial score (nSPS) is 11.3. The topological polar surface area (TPSA) is 57.4 Å². The number of nitrogens with zero attached hydrogens (tertiary/aromatic N) is 4. The average Bonchev–Trinajstić information content (AvgIpc) is 3.76. The van der Waals surface area contributed by atoms with E-state index in [-0.39, 0.29) is 0 Å². The Morgan fingerprint density at radius 1 is 0.315 bits per heavy atom. The minimum Gasteiger partial charge on any atom is -0.309 e. The van der Waals surface area contributed by atoms with Crippen molar-refractivity contribution in [1.29, 1.82) is 10.5 Å². The van der Waals surface area contributed by atoms with E-state index >= 15 is 0 Å². The van der Waals surface area contributed by atoms with Gasteiger partial charge in [0.1, 0.15) is 0 Å². The van der Waals surface area contributed by atoms with E-state index in [9.17, 15) is 10.5 Å². The first kappa shape index (κ1) is 31.1. The molecule has 2 heterocycles. The van der Waals surface area contributed by atoms with Crippen molar-refractivity contribution < 1.29 is 0 Å². The highest BCUT2D eigenvalue weighted by atomic mass is 15.0. The minimum absolute atomic E-state index is 0.506. The Balaban J connectivity index is 1.12. The summed E-state index contributed by atoms with van der Waals surface area (Å²) in [6, 6.07) is 67.7. The van der Waals surface area contributed by atoms with Gasteiger partial charge in [-0.3, -0.25) is 0 Å². The van der Waals surface area contributed by atoms with Gasteiger partial charge >= 0.3 is 0 Å². The Labute approximate surface area is 312 Å². The molecule has 10 rings (SSSR count). The van der Waals surface area contributed by atoms with E-state index in [0.29, 0.717) is 11.1 Å². The van der Waals surface area contributed by atoms with E-state index < -0.39 is 0 Å². The van der Waals surface area contributed by atoms with Crippen LogP contribution >= 0.6 is 0 Å². The minimum atomic E-state index is 0.506. The Hall–Kier alpha value is -7.66. The zero-order valence-corrected chi connectivity index (χ0v) is 29.1. The molecule has 54 heavy (non-hydrogen) atoms. The lowest BCUT2D eigenvalue weighted by atomic mass is 9.95. The van der Waals surface area contributed by atoms with E-state index in [2.05, 4.69) is 167 Å². The molecule has 0 amide bonds. The van der Waals surface area contributed by atoms with Crippen LogP contribution in [-0.4, -0.2) is 9.13 Å². The maximum Gasteiger partial charge on any atom is 0.0998 e. The van der Waals surface area contributed by atoms with Crippen molar-refractivity contribution in [2.45, 2.75) is 0 Å². The third-order valence-corrected chi connectivity index (χ3v) is 10.6. The number of nitriles is 2. The maximum absolute atomic E-state index is 10.6. The predicted molar refractivity (Wildman–Crippen MR) is 221 cm³/mol. The van der Waals surface area contributed by atoms with E-state index in [1.54, 1.807) is 0 Å². The van der Waals surface area contributed by atoms with Gasteiger partial charge in [-0.1, -0.05) is 133 Å². The molecule has 0 saturated heterocycles. The van der Waals surface area contributed by atoms with Gasteiger partial charge in [-0.2, -0.15) is 10.5 Å². The quantitative estimate of drug-likeness (QED) is 0.181.